The number of carbonyl (C=O) groups is 1. The molecule has 0 aliphatic heterocycles. The van der Waals surface area contributed by atoms with Gasteiger partial charge in [-0.3, -0.25) is 9.78 Å². The van der Waals surface area contributed by atoms with Crippen molar-refractivity contribution < 1.29 is 9.53 Å². The van der Waals surface area contributed by atoms with Gasteiger partial charge < -0.3 is 9.64 Å². The molecular formula is C21H22N2O2. The predicted octanol–water partition coefficient (Wildman–Crippen LogP) is 3.95. The van der Waals surface area contributed by atoms with Crippen molar-refractivity contribution in [3.05, 3.63) is 71.9 Å². The van der Waals surface area contributed by atoms with Gasteiger partial charge in [-0.05, 0) is 37.1 Å². The van der Waals surface area contributed by atoms with Crippen LogP contribution in [0.5, 0.6) is 5.75 Å². The monoisotopic (exact) mass is 334 g/mol. The van der Waals surface area contributed by atoms with Crippen molar-refractivity contribution in [3.63, 3.8) is 0 Å². The van der Waals surface area contributed by atoms with Crippen LogP contribution in [0.25, 0.3) is 10.9 Å². The topological polar surface area (TPSA) is 42.4 Å². The molecule has 0 N–H and O–H groups in total. The number of nitrogens with zero attached hydrogens (tertiary/aromatic N) is 2. The molecule has 0 unspecified atom stereocenters. The van der Waals surface area contributed by atoms with Crippen LogP contribution in [0.2, 0.25) is 0 Å². The number of pyridine rings is 1. The van der Waals surface area contributed by atoms with E-state index in [9.17, 15) is 4.79 Å². The zero-order valence-electron chi connectivity index (χ0n) is 14.8. The number of amides is 1. The van der Waals surface area contributed by atoms with Gasteiger partial charge in [0.05, 0.1) is 18.2 Å². The molecule has 4 heteroatoms. The van der Waals surface area contributed by atoms with Crippen molar-refractivity contribution in [3.8, 4) is 5.75 Å². The molecule has 25 heavy (non-hydrogen) atoms. The van der Waals surface area contributed by atoms with E-state index in [1.54, 1.807) is 18.2 Å². The van der Waals surface area contributed by atoms with Crippen LogP contribution < -0.4 is 4.74 Å². The lowest BCUT2D eigenvalue weighted by Crippen LogP contribution is -2.36. The summed E-state index contributed by atoms with van der Waals surface area (Å²) in [7, 11) is 3.50. The maximum absolute atomic E-state index is 13.0. The first-order chi connectivity index (χ1) is 12.1. The van der Waals surface area contributed by atoms with Gasteiger partial charge in [-0.25, -0.2) is 0 Å². The highest BCUT2D eigenvalue weighted by atomic mass is 16.5. The molecule has 128 valence electrons. The lowest BCUT2D eigenvalue weighted by atomic mass is 10.0. The SMILES string of the molecule is COc1ccccc1C[C@H](C)N(C)C(=O)c1cccc2cccnc12. The average Bonchev–Trinajstić information content (AvgIpc) is 2.66. The van der Waals surface area contributed by atoms with Crippen LogP contribution in [0.3, 0.4) is 0 Å². The largest absolute Gasteiger partial charge is 0.496 e. The number of hydrogen-bond donors (Lipinski definition) is 0. The zero-order chi connectivity index (χ0) is 17.8. The molecule has 4 nitrogen and oxygen atoms in total. The van der Waals surface area contributed by atoms with Gasteiger partial charge in [0.25, 0.3) is 5.91 Å². The van der Waals surface area contributed by atoms with Crippen LogP contribution in [0.1, 0.15) is 22.8 Å². The number of aromatic nitrogens is 1. The number of para-hydroxylation sites is 2. The minimum absolute atomic E-state index is 0.0216. The van der Waals surface area contributed by atoms with Crippen LogP contribution >= 0.6 is 0 Å². The number of ether oxygens (including phenoxy) is 1. The fourth-order valence-corrected chi connectivity index (χ4v) is 2.99. The summed E-state index contributed by atoms with van der Waals surface area (Å²) < 4.78 is 5.42. The van der Waals surface area contributed by atoms with Crippen molar-refractivity contribution in [2.24, 2.45) is 0 Å². The first-order valence-electron chi connectivity index (χ1n) is 8.34. The van der Waals surface area contributed by atoms with Crippen LogP contribution in [0.15, 0.2) is 60.8 Å². The molecule has 3 rings (SSSR count). The van der Waals surface area contributed by atoms with E-state index < -0.39 is 0 Å². The minimum Gasteiger partial charge on any atom is -0.496 e. The summed E-state index contributed by atoms with van der Waals surface area (Å²) in [6.07, 6.45) is 2.45. The normalized spacial score (nSPS) is 12.0. The average molecular weight is 334 g/mol. The Kier molecular flexibility index (Phi) is 4.98. The second-order valence-electron chi connectivity index (χ2n) is 6.16. The van der Waals surface area contributed by atoms with Crippen molar-refractivity contribution in [1.29, 1.82) is 0 Å². The predicted molar refractivity (Wildman–Crippen MR) is 100.0 cm³/mol. The fourth-order valence-electron chi connectivity index (χ4n) is 2.99. The number of benzene rings is 2. The molecule has 0 saturated carbocycles. The highest BCUT2D eigenvalue weighted by molar-refractivity contribution is 6.05. The Morgan fingerprint density at radius 1 is 1.12 bits per heavy atom. The number of likely N-dealkylation sites (N-methyl/N-ethyl adjacent to an activating group) is 1. The van der Waals surface area contributed by atoms with E-state index in [0.717, 1.165) is 28.6 Å². The molecule has 0 saturated heterocycles. The van der Waals surface area contributed by atoms with E-state index in [1.165, 1.54) is 0 Å². The summed E-state index contributed by atoms with van der Waals surface area (Å²) in [4.78, 5) is 19.2. The number of rotatable bonds is 5. The third-order valence-electron chi connectivity index (χ3n) is 4.55. The smallest absolute Gasteiger partial charge is 0.256 e. The zero-order valence-corrected chi connectivity index (χ0v) is 14.8. The van der Waals surface area contributed by atoms with Crippen molar-refractivity contribution in [2.75, 3.05) is 14.2 Å². The molecule has 0 radical (unpaired) electrons. The quantitative estimate of drug-likeness (QED) is 0.709. The van der Waals surface area contributed by atoms with E-state index in [-0.39, 0.29) is 11.9 Å². The van der Waals surface area contributed by atoms with Gasteiger partial charge >= 0.3 is 0 Å². The van der Waals surface area contributed by atoms with Gasteiger partial charge in [0.1, 0.15) is 5.75 Å². The second-order valence-corrected chi connectivity index (χ2v) is 6.16. The Bertz CT molecular complexity index is 886. The summed E-state index contributed by atoms with van der Waals surface area (Å²) >= 11 is 0. The van der Waals surface area contributed by atoms with Crippen molar-refractivity contribution >= 4 is 16.8 Å². The molecule has 0 fully saturated rings. The number of fused-ring (bicyclic) bond motifs is 1. The summed E-state index contributed by atoms with van der Waals surface area (Å²) in [5.74, 6) is 0.828. The van der Waals surface area contributed by atoms with Gasteiger partial charge in [0.15, 0.2) is 0 Å². The van der Waals surface area contributed by atoms with Crippen molar-refractivity contribution in [2.45, 2.75) is 19.4 Å². The summed E-state index contributed by atoms with van der Waals surface area (Å²) in [6.45, 7) is 2.04. The van der Waals surface area contributed by atoms with Crippen LogP contribution in [-0.4, -0.2) is 36.0 Å². The van der Waals surface area contributed by atoms with Gasteiger partial charge in [-0.2, -0.15) is 0 Å². The molecule has 1 atom stereocenters. The number of hydrogen-bond acceptors (Lipinski definition) is 3. The molecule has 1 aromatic heterocycles. The first kappa shape index (κ1) is 17.0. The van der Waals surface area contributed by atoms with E-state index >= 15 is 0 Å². The Morgan fingerprint density at radius 3 is 2.68 bits per heavy atom. The molecular weight excluding hydrogens is 312 g/mol. The number of carbonyl (C=O) groups excluding carboxylic acids is 1. The van der Waals surface area contributed by atoms with Crippen LogP contribution in [0, 0.1) is 0 Å². The van der Waals surface area contributed by atoms with Gasteiger partial charge in [0, 0.05) is 24.7 Å². The maximum Gasteiger partial charge on any atom is 0.256 e. The molecule has 0 aliphatic rings. The van der Waals surface area contributed by atoms with Gasteiger partial charge in [-0.1, -0.05) is 36.4 Å². The molecule has 0 bridgehead atoms. The lowest BCUT2D eigenvalue weighted by Gasteiger charge is -2.26. The number of methoxy groups -OCH3 is 1. The molecule has 0 spiro atoms. The van der Waals surface area contributed by atoms with Gasteiger partial charge in [-0.15, -0.1) is 0 Å². The molecule has 1 amide bonds. The first-order valence-corrected chi connectivity index (χ1v) is 8.34. The molecule has 3 aromatic rings. The second kappa shape index (κ2) is 7.34. The van der Waals surface area contributed by atoms with E-state index in [2.05, 4.69) is 4.98 Å². The molecule has 2 aromatic carbocycles. The van der Waals surface area contributed by atoms with Crippen LogP contribution in [0.4, 0.5) is 0 Å². The summed E-state index contributed by atoms with van der Waals surface area (Å²) in [6, 6.07) is 17.5. The lowest BCUT2D eigenvalue weighted by molar-refractivity contribution is 0.0745. The maximum atomic E-state index is 13.0. The van der Waals surface area contributed by atoms with E-state index in [0.29, 0.717) is 5.56 Å². The Morgan fingerprint density at radius 2 is 1.88 bits per heavy atom. The van der Waals surface area contributed by atoms with Crippen molar-refractivity contribution in [1.82, 2.24) is 9.88 Å². The van der Waals surface area contributed by atoms with Gasteiger partial charge in [0.2, 0.25) is 0 Å². The third kappa shape index (κ3) is 3.48. The Balaban J connectivity index is 1.84. The third-order valence-corrected chi connectivity index (χ3v) is 4.55. The fraction of sp³-hybridized carbons (Fsp3) is 0.238. The summed E-state index contributed by atoms with van der Waals surface area (Å²) in [5.41, 5.74) is 2.46. The van der Waals surface area contributed by atoms with E-state index in [4.69, 9.17) is 4.74 Å². The standard InChI is InChI=1S/C21H22N2O2/c1-15(14-17-8-4-5-12-19(17)25-3)23(2)21(24)18-11-6-9-16-10-7-13-22-20(16)18/h4-13,15H,14H2,1-3H3/t15-/m0/s1. The Hall–Kier alpha value is -2.88. The highest BCUT2D eigenvalue weighted by Gasteiger charge is 2.21. The molecule has 0 aliphatic carbocycles. The van der Waals surface area contributed by atoms with E-state index in [1.807, 2.05) is 68.6 Å². The van der Waals surface area contributed by atoms with Crippen LogP contribution in [-0.2, 0) is 6.42 Å². The molecule has 1 heterocycles. The summed E-state index contributed by atoms with van der Waals surface area (Å²) in [5, 5.41) is 0.971. The Labute approximate surface area is 148 Å². The highest BCUT2D eigenvalue weighted by Crippen LogP contribution is 2.22. The minimum atomic E-state index is -0.0216.